The normalized spacial score (nSPS) is 10.6. The highest BCUT2D eigenvalue weighted by Crippen LogP contribution is 2.26. The molecule has 3 nitrogen and oxygen atoms in total. The summed E-state index contributed by atoms with van der Waals surface area (Å²) in [7, 11) is 0. The second-order valence-electron chi connectivity index (χ2n) is 3.06. The predicted molar refractivity (Wildman–Crippen MR) is 67.3 cm³/mol. The molecule has 0 spiro atoms. The Morgan fingerprint density at radius 3 is 2.40 bits per heavy atom. The Hall–Kier alpha value is -0.650. The van der Waals surface area contributed by atoms with E-state index in [1.807, 2.05) is 24.3 Å². The van der Waals surface area contributed by atoms with E-state index in [2.05, 4.69) is 41.8 Å². The van der Waals surface area contributed by atoms with E-state index in [0.717, 1.165) is 26.2 Å². The molecule has 1 aromatic carbocycles. The number of aromatic nitrogens is 2. The first kappa shape index (κ1) is 10.9. The summed E-state index contributed by atoms with van der Waals surface area (Å²) in [4.78, 5) is 7.46. The summed E-state index contributed by atoms with van der Waals surface area (Å²) >= 11 is 6.82. The number of nitrogens with two attached hydrogens (primary N) is 1. The van der Waals surface area contributed by atoms with Crippen LogP contribution in [0, 0.1) is 0 Å². The molecule has 0 fully saturated rings. The molecule has 0 saturated heterocycles. The maximum atomic E-state index is 5.51. The number of benzene rings is 1. The van der Waals surface area contributed by atoms with Crippen molar-refractivity contribution in [3.05, 3.63) is 39.2 Å². The first-order valence-corrected chi connectivity index (χ1v) is 5.99. The molecular weight excluding hydrogens is 322 g/mol. The molecule has 0 unspecified atom stereocenters. The van der Waals surface area contributed by atoms with Crippen molar-refractivity contribution in [1.82, 2.24) is 9.97 Å². The van der Waals surface area contributed by atoms with Crippen molar-refractivity contribution in [3.63, 3.8) is 0 Å². The third-order valence-electron chi connectivity index (χ3n) is 2.02. The zero-order valence-electron chi connectivity index (χ0n) is 7.80. The summed E-state index contributed by atoms with van der Waals surface area (Å²) in [5, 5.41) is 0. The summed E-state index contributed by atoms with van der Waals surface area (Å²) < 4.78 is 1.92. The topological polar surface area (TPSA) is 54.7 Å². The molecule has 0 bridgehead atoms. The second kappa shape index (κ2) is 4.47. The maximum absolute atomic E-state index is 5.51. The number of aromatic amines is 1. The lowest BCUT2D eigenvalue weighted by Gasteiger charge is -1.97. The minimum absolute atomic E-state index is 0.412. The summed E-state index contributed by atoms with van der Waals surface area (Å²) in [5.41, 5.74) is 7.46. The van der Waals surface area contributed by atoms with Crippen molar-refractivity contribution in [2.75, 3.05) is 0 Å². The fourth-order valence-electron chi connectivity index (χ4n) is 1.29. The van der Waals surface area contributed by atoms with Gasteiger partial charge in [0.05, 0.1) is 6.54 Å². The van der Waals surface area contributed by atoms with Crippen molar-refractivity contribution >= 4 is 31.9 Å². The molecule has 1 heterocycles. The van der Waals surface area contributed by atoms with E-state index in [-0.39, 0.29) is 0 Å². The van der Waals surface area contributed by atoms with E-state index < -0.39 is 0 Å². The predicted octanol–water partition coefficient (Wildman–Crippen LogP) is 3.06. The van der Waals surface area contributed by atoms with Gasteiger partial charge in [0.2, 0.25) is 0 Å². The molecule has 0 aliphatic rings. The molecular formula is C10H9Br2N3. The van der Waals surface area contributed by atoms with Crippen LogP contribution in [0.4, 0.5) is 0 Å². The number of hydrogen-bond donors (Lipinski definition) is 2. The summed E-state index contributed by atoms with van der Waals surface area (Å²) in [6.07, 6.45) is 0. The summed E-state index contributed by atoms with van der Waals surface area (Å²) in [6, 6.07) is 7.98. The standard InChI is InChI=1S/C10H9Br2N3/c11-7-3-1-6(2-4-7)9-10(12)15-8(5-13)14-9/h1-4H,5,13H2,(H,14,15). The van der Waals surface area contributed by atoms with Gasteiger partial charge in [-0.1, -0.05) is 28.1 Å². The van der Waals surface area contributed by atoms with Crippen LogP contribution in [0.5, 0.6) is 0 Å². The van der Waals surface area contributed by atoms with Crippen LogP contribution in [0.3, 0.4) is 0 Å². The van der Waals surface area contributed by atoms with Crippen LogP contribution in [-0.4, -0.2) is 9.97 Å². The smallest absolute Gasteiger partial charge is 0.121 e. The highest BCUT2D eigenvalue weighted by Gasteiger charge is 2.08. The number of halogens is 2. The molecule has 5 heteroatoms. The molecule has 78 valence electrons. The number of H-pyrrole nitrogens is 1. The number of imidazole rings is 1. The largest absolute Gasteiger partial charge is 0.335 e. The molecule has 0 amide bonds. The molecule has 1 aromatic heterocycles. The van der Waals surface area contributed by atoms with E-state index in [1.54, 1.807) is 0 Å². The average Bonchev–Trinajstić information content (AvgIpc) is 2.61. The zero-order valence-corrected chi connectivity index (χ0v) is 11.0. The minimum Gasteiger partial charge on any atom is -0.335 e. The van der Waals surface area contributed by atoms with Crippen LogP contribution in [0.25, 0.3) is 11.3 Å². The first-order valence-electron chi connectivity index (χ1n) is 4.41. The summed E-state index contributed by atoms with van der Waals surface area (Å²) in [5.74, 6) is 0.778. The van der Waals surface area contributed by atoms with Crippen LogP contribution in [-0.2, 0) is 6.54 Å². The lowest BCUT2D eigenvalue weighted by atomic mass is 10.2. The Morgan fingerprint density at radius 1 is 1.20 bits per heavy atom. The lowest BCUT2D eigenvalue weighted by Crippen LogP contribution is -1.97. The van der Waals surface area contributed by atoms with Gasteiger partial charge in [-0.2, -0.15) is 0 Å². The third kappa shape index (κ3) is 2.30. The van der Waals surface area contributed by atoms with E-state index in [0.29, 0.717) is 6.54 Å². The fraction of sp³-hybridized carbons (Fsp3) is 0.100. The van der Waals surface area contributed by atoms with Gasteiger partial charge in [0.1, 0.15) is 16.1 Å². The monoisotopic (exact) mass is 329 g/mol. The molecule has 15 heavy (non-hydrogen) atoms. The van der Waals surface area contributed by atoms with Gasteiger partial charge in [0.25, 0.3) is 0 Å². The molecule has 0 radical (unpaired) electrons. The van der Waals surface area contributed by atoms with E-state index in [4.69, 9.17) is 5.73 Å². The van der Waals surface area contributed by atoms with Gasteiger partial charge in [-0.3, -0.25) is 0 Å². The van der Waals surface area contributed by atoms with Crippen molar-refractivity contribution in [2.24, 2.45) is 5.73 Å². The molecule has 2 aromatic rings. The SMILES string of the molecule is NCc1nc(-c2ccc(Br)cc2)c(Br)[nH]1. The molecule has 0 aliphatic carbocycles. The van der Waals surface area contributed by atoms with Crippen molar-refractivity contribution < 1.29 is 0 Å². The number of nitrogens with one attached hydrogen (secondary N) is 1. The fourth-order valence-corrected chi connectivity index (χ4v) is 2.10. The Kier molecular flexibility index (Phi) is 3.23. The molecule has 0 saturated carbocycles. The molecule has 0 atom stereocenters. The van der Waals surface area contributed by atoms with Crippen molar-refractivity contribution in [2.45, 2.75) is 6.54 Å². The highest BCUT2D eigenvalue weighted by atomic mass is 79.9. The quantitative estimate of drug-likeness (QED) is 0.889. The van der Waals surface area contributed by atoms with Gasteiger partial charge in [-0.25, -0.2) is 4.98 Å². The van der Waals surface area contributed by atoms with Gasteiger partial charge in [0.15, 0.2) is 0 Å². The zero-order chi connectivity index (χ0) is 10.8. The Bertz CT molecular complexity index is 462. The second-order valence-corrected chi connectivity index (χ2v) is 4.77. The molecule has 3 N–H and O–H groups in total. The van der Waals surface area contributed by atoms with Gasteiger partial charge in [-0.05, 0) is 28.1 Å². The highest BCUT2D eigenvalue weighted by molar-refractivity contribution is 9.10. The lowest BCUT2D eigenvalue weighted by molar-refractivity contribution is 0.947. The summed E-state index contributed by atoms with van der Waals surface area (Å²) in [6.45, 7) is 0.412. The van der Waals surface area contributed by atoms with E-state index >= 15 is 0 Å². The molecule has 0 aliphatic heterocycles. The minimum atomic E-state index is 0.412. The maximum Gasteiger partial charge on any atom is 0.121 e. The van der Waals surface area contributed by atoms with E-state index in [9.17, 15) is 0 Å². The number of hydrogen-bond acceptors (Lipinski definition) is 2. The van der Waals surface area contributed by atoms with Crippen LogP contribution in [0.2, 0.25) is 0 Å². The van der Waals surface area contributed by atoms with Crippen LogP contribution in [0.1, 0.15) is 5.82 Å². The number of rotatable bonds is 2. The Balaban J connectivity index is 2.44. The average molecular weight is 331 g/mol. The van der Waals surface area contributed by atoms with Crippen molar-refractivity contribution in [1.29, 1.82) is 0 Å². The van der Waals surface area contributed by atoms with Crippen LogP contribution in [0.15, 0.2) is 33.3 Å². The Labute approximate surface area is 104 Å². The van der Waals surface area contributed by atoms with Gasteiger partial charge >= 0.3 is 0 Å². The Morgan fingerprint density at radius 2 is 1.87 bits per heavy atom. The van der Waals surface area contributed by atoms with Gasteiger partial charge in [-0.15, -0.1) is 0 Å². The van der Waals surface area contributed by atoms with Gasteiger partial charge in [0, 0.05) is 10.0 Å². The first-order chi connectivity index (χ1) is 7.20. The number of nitrogens with zero attached hydrogens (tertiary/aromatic N) is 1. The van der Waals surface area contributed by atoms with Gasteiger partial charge < -0.3 is 10.7 Å². The molecule has 2 rings (SSSR count). The van der Waals surface area contributed by atoms with Crippen molar-refractivity contribution in [3.8, 4) is 11.3 Å². The van der Waals surface area contributed by atoms with Crippen LogP contribution >= 0.6 is 31.9 Å². The van der Waals surface area contributed by atoms with E-state index in [1.165, 1.54) is 0 Å². The van der Waals surface area contributed by atoms with Crippen LogP contribution < -0.4 is 5.73 Å². The third-order valence-corrected chi connectivity index (χ3v) is 3.12.